The smallest absolute Gasteiger partial charge is 0.367 e. The van der Waals surface area contributed by atoms with Gasteiger partial charge >= 0.3 is 13.8 Å². The Morgan fingerprint density at radius 1 is 1.20 bits per heavy atom. The molecule has 0 saturated heterocycles. The van der Waals surface area contributed by atoms with Crippen LogP contribution in [0.1, 0.15) is 13.8 Å². The summed E-state index contributed by atoms with van der Waals surface area (Å²) in [6.07, 6.45) is 3.03. The predicted molar refractivity (Wildman–Crippen MR) is 70.6 cm³/mol. The van der Waals surface area contributed by atoms with Crippen molar-refractivity contribution in [3.8, 4) is 11.8 Å². The Bertz CT molecular complexity index is 579. The van der Waals surface area contributed by atoms with Crippen LogP contribution in [0, 0.1) is 0 Å². The lowest BCUT2D eigenvalue weighted by Gasteiger charge is -2.14. The van der Waals surface area contributed by atoms with Crippen LogP contribution >= 0.6 is 7.82 Å². The number of hydrogen-bond acceptors (Lipinski definition) is 7. The van der Waals surface area contributed by atoms with E-state index in [4.69, 9.17) is 13.6 Å². The minimum absolute atomic E-state index is 0.0964. The van der Waals surface area contributed by atoms with Crippen LogP contribution < -0.4 is 4.52 Å². The van der Waals surface area contributed by atoms with Gasteiger partial charge in [-0.3, -0.25) is 9.05 Å². The van der Waals surface area contributed by atoms with Crippen molar-refractivity contribution in [1.29, 1.82) is 0 Å². The summed E-state index contributed by atoms with van der Waals surface area (Å²) in [6, 6.07) is 5.26. The summed E-state index contributed by atoms with van der Waals surface area (Å²) in [5.41, 5.74) is 0. The van der Waals surface area contributed by atoms with E-state index in [0.29, 0.717) is 5.82 Å². The Morgan fingerprint density at radius 3 is 2.55 bits per heavy atom. The van der Waals surface area contributed by atoms with Crippen LogP contribution in [0.3, 0.4) is 0 Å². The van der Waals surface area contributed by atoms with Gasteiger partial charge in [0.2, 0.25) is 0 Å². The molecule has 0 aliphatic heterocycles. The fourth-order valence-corrected chi connectivity index (χ4v) is 2.49. The van der Waals surface area contributed by atoms with Gasteiger partial charge in [0.15, 0.2) is 5.82 Å². The molecule has 0 fully saturated rings. The van der Waals surface area contributed by atoms with E-state index in [-0.39, 0.29) is 19.2 Å². The Labute approximate surface area is 116 Å². The zero-order chi connectivity index (χ0) is 14.4. The molecule has 0 radical (unpaired) electrons. The second-order valence-electron chi connectivity index (χ2n) is 3.53. The van der Waals surface area contributed by atoms with Gasteiger partial charge in [0.1, 0.15) is 6.33 Å². The number of nitrogens with zero attached hydrogens (tertiary/aromatic N) is 4. The minimum atomic E-state index is -3.68. The number of pyridine rings is 1. The van der Waals surface area contributed by atoms with E-state index in [1.807, 2.05) is 6.07 Å². The lowest BCUT2D eigenvalue weighted by molar-refractivity contribution is 0.164. The van der Waals surface area contributed by atoms with Gasteiger partial charge in [-0.15, -0.1) is 5.10 Å². The molecule has 0 aliphatic rings. The maximum absolute atomic E-state index is 12.2. The maximum Gasteiger partial charge on any atom is 0.532 e. The fraction of sp³-hybridized carbons (Fsp3) is 0.364. The Kier molecular flexibility index (Phi) is 4.84. The fourth-order valence-electron chi connectivity index (χ4n) is 1.40. The highest BCUT2D eigenvalue weighted by Gasteiger charge is 2.29. The van der Waals surface area contributed by atoms with Crippen molar-refractivity contribution in [3.05, 3.63) is 30.7 Å². The third-order valence-electron chi connectivity index (χ3n) is 2.12. The summed E-state index contributed by atoms with van der Waals surface area (Å²) in [4.78, 5) is 8.00. The molecule has 2 aromatic heterocycles. The van der Waals surface area contributed by atoms with Gasteiger partial charge in [-0.25, -0.2) is 9.55 Å². The first-order valence-corrected chi connectivity index (χ1v) is 7.54. The first-order valence-electron chi connectivity index (χ1n) is 6.08. The quantitative estimate of drug-likeness (QED) is 0.724. The molecule has 20 heavy (non-hydrogen) atoms. The van der Waals surface area contributed by atoms with Gasteiger partial charge in [0.25, 0.3) is 0 Å². The summed E-state index contributed by atoms with van der Waals surface area (Å²) < 4.78 is 28.7. The molecule has 0 atom stereocenters. The largest absolute Gasteiger partial charge is 0.532 e. The first-order chi connectivity index (χ1) is 9.67. The van der Waals surface area contributed by atoms with E-state index in [9.17, 15) is 4.57 Å². The standard InChI is InChI=1S/C11H15N4O4P/c1-3-17-20(16,18-4-2)19-11-13-9-15(14-11)10-7-5-6-8-12-10/h5-9H,3-4H2,1-2H3. The summed E-state index contributed by atoms with van der Waals surface area (Å²) in [6.45, 7) is 3.76. The molecule has 0 aliphatic carbocycles. The number of aromatic nitrogens is 4. The average Bonchev–Trinajstić information content (AvgIpc) is 2.88. The molecular weight excluding hydrogens is 283 g/mol. The highest BCUT2D eigenvalue weighted by molar-refractivity contribution is 7.48. The highest BCUT2D eigenvalue weighted by Crippen LogP contribution is 2.48. The third kappa shape index (κ3) is 3.63. The van der Waals surface area contributed by atoms with Crippen molar-refractivity contribution in [3.63, 3.8) is 0 Å². The van der Waals surface area contributed by atoms with Crippen molar-refractivity contribution >= 4 is 7.82 Å². The second kappa shape index (κ2) is 6.60. The van der Waals surface area contributed by atoms with Gasteiger partial charge in [0.05, 0.1) is 13.2 Å². The molecule has 0 N–H and O–H groups in total. The van der Waals surface area contributed by atoms with Crippen LogP contribution in [0.15, 0.2) is 30.7 Å². The van der Waals surface area contributed by atoms with Crippen LogP contribution in [0.2, 0.25) is 0 Å². The topological polar surface area (TPSA) is 88.4 Å². The maximum atomic E-state index is 12.2. The molecule has 0 amide bonds. The summed E-state index contributed by atoms with van der Waals surface area (Å²) in [5, 5.41) is 4.02. The van der Waals surface area contributed by atoms with Crippen LogP contribution in [-0.2, 0) is 13.6 Å². The van der Waals surface area contributed by atoms with Crippen molar-refractivity contribution in [2.24, 2.45) is 0 Å². The van der Waals surface area contributed by atoms with Crippen molar-refractivity contribution in [1.82, 2.24) is 19.7 Å². The zero-order valence-electron chi connectivity index (χ0n) is 11.2. The lowest BCUT2D eigenvalue weighted by atomic mass is 10.5. The third-order valence-corrected chi connectivity index (χ3v) is 3.66. The van der Waals surface area contributed by atoms with E-state index in [1.54, 1.807) is 32.2 Å². The zero-order valence-corrected chi connectivity index (χ0v) is 12.1. The highest BCUT2D eigenvalue weighted by atomic mass is 31.2. The molecule has 2 aromatic rings. The van der Waals surface area contributed by atoms with E-state index < -0.39 is 7.82 Å². The number of rotatable bonds is 7. The van der Waals surface area contributed by atoms with Gasteiger partial charge in [0, 0.05) is 6.20 Å². The van der Waals surface area contributed by atoms with Crippen molar-refractivity contribution in [2.75, 3.05) is 13.2 Å². The van der Waals surface area contributed by atoms with Gasteiger partial charge in [-0.05, 0) is 26.0 Å². The van der Waals surface area contributed by atoms with Crippen molar-refractivity contribution in [2.45, 2.75) is 13.8 Å². The van der Waals surface area contributed by atoms with Crippen LogP contribution in [-0.4, -0.2) is 33.0 Å². The molecule has 8 nitrogen and oxygen atoms in total. The van der Waals surface area contributed by atoms with E-state index in [1.165, 1.54) is 11.0 Å². The summed E-state index contributed by atoms with van der Waals surface area (Å²) >= 11 is 0. The van der Waals surface area contributed by atoms with Gasteiger partial charge in [-0.1, -0.05) is 6.07 Å². The molecule has 9 heteroatoms. The normalized spacial score (nSPS) is 11.5. The monoisotopic (exact) mass is 298 g/mol. The minimum Gasteiger partial charge on any atom is -0.367 e. The first kappa shape index (κ1) is 14.6. The van der Waals surface area contributed by atoms with Crippen LogP contribution in [0.5, 0.6) is 6.01 Å². The van der Waals surface area contributed by atoms with Crippen LogP contribution in [0.25, 0.3) is 5.82 Å². The summed E-state index contributed by atoms with van der Waals surface area (Å²) in [7, 11) is -3.68. The lowest BCUT2D eigenvalue weighted by Crippen LogP contribution is -2.04. The molecule has 0 saturated carbocycles. The molecule has 2 heterocycles. The predicted octanol–water partition coefficient (Wildman–Crippen LogP) is 2.22. The van der Waals surface area contributed by atoms with E-state index >= 15 is 0 Å². The molecule has 108 valence electrons. The SMILES string of the molecule is CCOP(=O)(OCC)Oc1ncn(-c2ccccn2)n1. The average molecular weight is 298 g/mol. The van der Waals surface area contributed by atoms with Crippen molar-refractivity contribution < 1.29 is 18.1 Å². The molecule has 0 spiro atoms. The number of hydrogen-bond donors (Lipinski definition) is 0. The molecule has 0 unspecified atom stereocenters. The Morgan fingerprint density at radius 2 is 1.95 bits per heavy atom. The number of phosphoric ester groups is 1. The van der Waals surface area contributed by atoms with Gasteiger partial charge < -0.3 is 4.52 Å². The molecule has 0 aromatic carbocycles. The molecule has 0 bridgehead atoms. The molecular formula is C11H15N4O4P. The Hall–Kier alpha value is -1.76. The summed E-state index contributed by atoms with van der Waals surface area (Å²) in [5.74, 6) is 0.567. The van der Waals surface area contributed by atoms with Crippen LogP contribution in [0.4, 0.5) is 0 Å². The number of phosphoric acid groups is 1. The second-order valence-corrected chi connectivity index (χ2v) is 5.13. The Balaban J connectivity index is 2.15. The van der Waals surface area contributed by atoms with Gasteiger partial charge in [-0.2, -0.15) is 9.67 Å². The van der Waals surface area contributed by atoms with E-state index in [0.717, 1.165) is 0 Å². The molecule has 2 rings (SSSR count). The van der Waals surface area contributed by atoms with E-state index in [2.05, 4.69) is 15.1 Å².